The van der Waals surface area contributed by atoms with Crippen LogP contribution in [0.3, 0.4) is 0 Å². The Morgan fingerprint density at radius 1 is 1.26 bits per heavy atom. The molecule has 0 bridgehead atoms. The van der Waals surface area contributed by atoms with E-state index >= 15 is 0 Å². The molecule has 0 radical (unpaired) electrons. The van der Waals surface area contributed by atoms with Crippen LogP contribution in [0.4, 0.5) is 23.2 Å². The summed E-state index contributed by atoms with van der Waals surface area (Å²) in [6.07, 6.45) is -0.547. The van der Waals surface area contributed by atoms with Crippen LogP contribution in [0.5, 0.6) is 5.75 Å². The van der Waals surface area contributed by atoms with Crippen molar-refractivity contribution in [1.29, 1.82) is 0 Å². The summed E-state index contributed by atoms with van der Waals surface area (Å²) < 4.78 is 85.9. The number of aromatic nitrogens is 2. The minimum atomic E-state index is -3.97. The molecule has 1 aromatic heterocycles. The first-order valence-corrected chi connectivity index (χ1v) is 11.3. The van der Waals surface area contributed by atoms with Gasteiger partial charge in [-0.3, -0.25) is 14.2 Å². The first kappa shape index (κ1) is 23.2. The molecule has 1 N–H and O–H groups in total. The van der Waals surface area contributed by atoms with Gasteiger partial charge in [-0.25, -0.2) is 21.9 Å². The molecular formula is C19H23F4N3O4S. The van der Waals surface area contributed by atoms with Gasteiger partial charge >= 0.3 is 6.61 Å². The Hall–Kier alpha value is -2.50. The topological polar surface area (TPSA) is 82.3 Å². The number of hydrogen-bond acceptors (Lipinski definition) is 4. The number of benzene rings is 1. The second-order valence-corrected chi connectivity index (χ2v) is 9.43. The molecular weight excluding hydrogens is 442 g/mol. The predicted molar refractivity (Wildman–Crippen MR) is 107 cm³/mol. The van der Waals surface area contributed by atoms with Crippen LogP contribution in [-0.4, -0.2) is 36.1 Å². The maximum atomic E-state index is 13.3. The zero-order valence-electron chi connectivity index (χ0n) is 16.9. The molecule has 0 saturated heterocycles. The van der Waals surface area contributed by atoms with E-state index in [0.29, 0.717) is 5.69 Å². The van der Waals surface area contributed by atoms with Crippen LogP contribution in [-0.2, 0) is 17.1 Å². The quantitative estimate of drug-likeness (QED) is 0.633. The molecule has 172 valence electrons. The summed E-state index contributed by atoms with van der Waals surface area (Å²) in [7, 11) is -2.46. The SMILES string of the molecule is Cc1c(NS(=O)(=O)CC2CCC(F)(F)CC2)c(=O)n(-c2cccc(OC(F)F)c2)n1C. The summed E-state index contributed by atoms with van der Waals surface area (Å²) in [6.45, 7) is -1.51. The van der Waals surface area contributed by atoms with Gasteiger partial charge in [0.15, 0.2) is 0 Å². The molecule has 0 spiro atoms. The average Bonchev–Trinajstić information content (AvgIpc) is 2.86. The lowest BCUT2D eigenvalue weighted by Gasteiger charge is -2.27. The zero-order chi connectivity index (χ0) is 23.0. The van der Waals surface area contributed by atoms with Crippen LogP contribution < -0.4 is 15.0 Å². The smallest absolute Gasteiger partial charge is 0.387 e. The number of nitrogens with zero attached hydrogens (tertiary/aromatic N) is 2. The Morgan fingerprint density at radius 3 is 2.52 bits per heavy atom. The summed E-state index contributed by atoms with van der Waals surface area (Å²) >= 11 is 0. The average molecular weight is 465 g/mol. The van der Waals surface area contributed by atoms with Crippen molar-refractivity contribution in [3.63, 3.8) is 0 Å². The Balaban J connectivity index is 1.85. The molecule has 1 aliphatic rings. The zero-order valence-corrected chi connectivity index (χ0v) is 17.8. The van der Waals surface area contributed by atoms with E-state index < -0.39 is 34.0 Å². The fourth-order valence-corrected chi connectivity index (χ4v) is 5.27. The largest absolute Gasteiger partial charge is 0.435 e. The molecule has 31 heavy (non-hydrogen) atoms. The Kier molecular flexibility index (Phi) is 6.40. The van der Waals surface area contributed by atoms with Crippen molar-refractivity contribution in [2.45, 2.75) is 45.1 Å². The van der Waals surface area contributed by atoms with Gasteiger partial charge in [0, 0.05) is 26.0 Å². The molecule has 0 atom stereocenters. The van der Waals surface area contributed by atoms with Crippen LogP contribution >= 0.6 is 0 Å². The highest BCUT2D eigenvalue weighted by atomic mass is 32.2. The fraction of sp³-hybridized carbons (Fsp3) is 0.526. The molecule has 1 aromatic carbocycles. The normalized spacial score (nSPS) is 17.1. The van der Waals surface area contributed by atoms with Crippen molar-refractivity contribution in [3.8, 4) is 11.4 Å². The van der Waals surface area contributed by atoms with Crippen molar-refractivity contribution in [3.05, 3.63) is 40.3 Å². The van der Waals surface area contributed by atoms with E-state index in [1.807, 2.05) is 0 Å². The third kappa shape index (κ3) is 5.41. The summed E-state index contributed by atoms with van der Waals surface area (Å²) in [5, 5.41) is 0. The predicted octanol–water partition coefficient (Wildman–Crippen LogP) is 3.65. The molecule has 3 rings (SSSR count). The Morgan fingerprint density at radius 2 is 1.90 bits per heavy atom. The van der Waals surface area contributed by atoms with Crippen molar-refractivity contribution in [2.24, 2.45) is 13.0 Å². The van der Waals surface area contributed by atoms with Crippen molar-refractivity contribution in [1.82, 2.24) is 9.36 Å². The Bertz CT molecular complexity index is 1100. The molecule has 1 fully saturated rings. The number of hydrogen-bond donors (Lipinski definition) is 1. The van der Waals surface area contributed by atoms with Gasteiger partial charge < -0.3 is 4.74 Å². The summed E-state index contributed by atoms with van der Waals surface area (Å²) in [5.41, 5.74) is -0.394. The van der Waals surface area contributed by atoms with E-state index in [2.05, 4.69) is 9.46 Å². The lowest BCUT2D eigenvalue weighted by atomic mass is 9.88. The van der Waals surface area contributed by atoms with E-state index in [1.54, 1.807) is 0 Å². The van der Waals surface area contributed by atoms with Crippen LogP contribution in [0.15, 0.2) is 29.1 Å². The van der Waals surface area contributed by atoms with E-state index in [4.69, 9.17) is 0 Å². The number of sulfonamides is 1. The molecule has 0 amide bonds. The van der Waals surface area contributed by atoms with E-state index in [1.165, 1.54) is 42.9 Å². The third-order valence-corrected chi connectivity index (χ3v) is 6.82. The number of rotatable bonds is 7. The van der Waals surface area contributed by atoms with E-state index in [-0.39, 0.29) is 48.6 Å². The van der Waals surface area contributed by atoms with Crippen LogP contribution in [0.1, 0.15) is 31.4 Å². The van der Waals surface area contributed by atoms with Crippen LogP contribution in [0.25, 0.3) is 5.69 Å². The molecule has 0 aliphatic heterocycles. The van der Waals surface area contributed by atoms with Gasteiger partial charge in [0.05, 0.1) is 17.1 Å². The molecule has 1 heterocycles. The monoisotopic (exact) mass is 465 g/mol. The van der Waals surface area contributed by atoms with Crippen molar-refractivity contribution < 1.29 is 30.7 Å². The summed E-state index contributed by atoms with van der Waals surface area (Å²) in [6, 6.07) is 5.44. The maximum absolute atomic E-state index is 13.3. The van der Waals surface area contributed by atoms with Gasteiger partial charge in [0.2, 0.25) is 15.9 Å². The summed E-state index contributed by atoms with van der Waals surface area (Å²) in [5.74, 6) is -3.71. The molecule has 0 unspecified atom stereocenters. The standard InChI is InChI=1S/C19H23F4N3O4S/c1-12-16(24-31(28,29)11-13-6-8-19(22,23)9-7-13)17(27)26(25(12)2)14-4-3-5-15(10-14)30-18(20)21/h3-5,10,13,18,24H,6-9,11H2,1-2H3. The second-order valence-electron chi connectivity index (χ2n) is 7.66. The second kappa shape index (κ2) is 8.56. The molecule has 2 aromatic rings. The highest BCUT2D eigenvalue weighted by molar-refractivity contribution is 7.92. The van der Waals surface area contributed by atoms with Crippen molar-refractivity contribution in [2.75, 3.05) is 10.5 Å². The number of anilines is 1. The number of ether oxygens (including phenoxy) is 1. The lowest BCUT2D eigenvalue weighted by Crippen LogP contribution is -2.31. The lowest BCUT2D eigenvalue weighted by molar-refractivity contribution is -0.0499. The highest BCUT2D eigenvalue weighted by Gasteiger charge is 2.36. The highest BCUT2D eigenvalue weighted by Crippen LogP contribution is 2.36. The minimum Gasteiger partial charge on any atom is -0.435 e. The van der Waals surface area contributed by atoms with E-state index in [0.717, 1.165) is 4.68 Å². The molecule has 1 aliphatic carbocycles. The molecule has 12 heteroatoms. The van der Waals surface area contributed by atoms with Gasteiger partial charge in [-0.1, -0.05) is 6.07 Å². The third-order valence-electron chi connectivity index (χ3n) is 5.39. The first-order chi connectivity index (χ1) is 14.4. The number of alkyl halides is 4. The first-order valence-electron chi connectivity index (χ1n) is 9.61. The van der Waals surface area contributed by atoms with Gasteiger partial charge in [-0.2, -0.15) is 8.78 Å². The number of halogens is 4. The number of nitrogens with one attached hydrogen (secondary N) is 1. The van der Waals surface area contributed by atoms with Gasteiger partial charge in [-0.05, 0) is 37.8 Å². The minimum absolute atomic E-state index is 0.0862. The van der Waals surface area contributed by atoms with Crippen molar-refractivity contribution >= 4 is 15.7 Å². The Labute approximate surface area is 176 Å². The summed E-state index contributed by atoms with van der Waals surface area (Å²) in [4.78, 5) is 12.9. The van der Waals surface area contributed by atoms with Gasteiger partial charge in [0.1, 0.15) is 11.4 Å². The van der Waals surface area contributed by atoms with Gasteiger partial charge in [0.25, 0.3) is 5.56 Å². The van der Waals surface area contributed by atoms with Crippen LogP contribution in [0.2, 0.25) is 0 Å². The van der Waals surface area contributed by atoms with Gasteiger partial charge in [-0.15, -0.1) is 0 Å². The van der Waals surface area contributed by atoms with Crippen LogP contribution in [0, 0.1) is 12.8 Å². The molecule has 7 nitrogen and oxygen atoms in total. The maximum Gasteiger partial charge on any atom is 0.387 e. The fourth-order valence-electron chi connectivity index (χ4n) is 3.68. The molecule has 1 saturated carbocycles. The van der Waals surface area contributed by atoms with E-state index in [9.17, 15) is 30.8 Å².